The number of nitrogens with one attached hydrogen (secondary N) is 1. The molecule has 0 unspecified atom stereocenters. The Hall–Kier alpha value is -4.37. The van der Waals surface area contributed by atoms with Crippen LogP contribution < -0.4 is 5.32 Å². The Balaban J connectivity index is 1.68. The van der Waals surface area contributed by atoms with Crippen molar-refractivity contribution in [2.24, 2.45) is 10.2 Å². The van der Waals surface area contributed by atoms with Crippen LogP contribution >= 0.6 is 11.6 Å². The monoisotopic (exact) mass is 700 g/mol. The number of anilines is 2. The summed E-state index contributed by atoms with van der Waals surface area (Å²) in [6, 6.07) is 10.5. The Labute approximate surface area is 256 Å². The van der Waals surface area contributed by atoms with Gasteiger partial charge in [-0.15, -0.1) is 10.2 Å². The summed E-state index contributed by atoms with van der Waals surface area (Å²) in [7, 11) is -15.2. The predicted molar refractivity (Wildman–Crippen MR) is 156 cm³/mol. The fourth-order valence-corrected chi connectivity index (χ4v) is 6.74. The van der Waals surface area contributed by atoms with Crippen molar-refractivity contribution in [3.8, 4) is 5.75 Å². The van der Waals surface area contributed by atoms with Crippen molar-refractivity contribution in [2.75, 3.05) is 5.32 Å². The number of nitrogens with zero attached hydrogens (tertiary/aromatic N) is 3. The van der Waals surface area contributed by atoms with E-state index in [1.165, 1.54) is 18.2 Å². The van der Waals surface area contributed by atoms with E-state index < -0.39 is 84.5 Å². The van der Waals surface area contributed by atoms with E-state index in [0.29, 0.717) is 0 Å². The lowest BCUT2D eigenvalue weighted by Gasteiger charge is -2.13. The highest BCUT2D eigenvalue weighted by Gasteiger charge is 2.25. The molecule has 0 saturated carbocycles. The van der Waals surface area contributed by atoms with Gasteiger partial charge in [-0.3, -0.25) is 13.7 Å². The Morgan fingerprint density at radius 3 is 2.07 bits per heavy atom. The maximum Gasteiger partial charge on any atom is 0.297 e. The molecular weight excluding hydrogens is 686 g/mol. The molecule has 1 aromatic heterocycles. The Bertz CT molecular complexity index is 2440. The fraction of sp³-hybridized carbons (Fsp3) is 0. The molecule has 0 fully saturated rings. The third-order valence-electron chi connectivity index (χ3n) is 6.24. The highest BCUT2D eigenvalue weighted by molar-refractivity contribution is 7.86. The minimum atomic E-state index is -5.18. The van der Waals surface area contributed by atoms with Crippen molar-refractivity contribution in [1.29, 1.82) is 0 Å². The van der Waals surface area contributed by atoms with Gasteiger partial charge >= 0.3 is 0 Å². The van der Waals surface area contributed by atoms with Gasteiger partial charge in [-0.25, -0.2) is 0 Å². The molecule has 5 rings (SSSR count). The third kappa shape index (κ3) is 6.27. The van der Waals surface area contributed by atoms with E-state index in [1.54, 1.807) is 0 Å². The standard InChI is InChI=1S/C25H15ClF2N4O10S3/c26-21-17(10-20(27)30-25(21)28)29-12-4-5-13-11(8-12)9-19(44(37,38)39)22(23(13)33)32-31-16-7-6-14-15(24(16)45(40,41)42)2-1-3-18(14)43(34,35)36/h1-10,33H,(H,29,30)(H,34,35,36)(H,37,38,39)(H,40,41,42)/b32-31+. The summed E-state index contributed by atoms with van der Waals surface area (Å²) < 4.78 is 130. The van der Waals surface area contributed by atoms with E-state index in [4.69, 9.17) is 11.6 Å². The van der Waals surface area contributed by atoms with E-state index in [9.17, 15) is 52.8 Å². The fourth-order valence-electron chi connectivity index (χ4n) is 4.41. The molecule has 234 valence electrons. The lowest BCUT2D eigenvalue weighted by atomic mass is 10.1. The molecule has 5 aromatic rings. The van der Waals surface area contributed by atoms with Crippen molar-refractivity contribution in [2.45, 2.75) is 14.7 Å². The highest BCUT2D eigenvalue weighted by atomic mass is 35.5. The molecule has 0 radical (unpaired) electrons. The van der Waals surface area contributed by atoms with Crippen molar-refractivity contribution in [3.05, 3.63) is 77.6 Å². The zero-order chi connectivity index (χ0) is 33.1. The quantitative estimate of drug-likeness (QED) is 0.0756. The van der Waals surface area contributed by atoms with E-state index in [0.717, 1.165) is 42.5 Å². The van der Waals surface area contributed by atoms with Crippen molar-refractivity contribution < 1.29 is 52.8 Å². The molecule has 0 atom stereocenters. The van der Waals surface area contributed by atoms with Gasteiger partial charge in [-0.2, -0.15) is 39.0 Å². The van der Waals surface area contributed by atoms with Gasteiger partial charge in [-0.05, 0) is 41.8 Å². The van der Waals surface area contributed by atoms with E-state index >= 15 is 0 Å². The molecule has 0 aliphatic heterocycles. The van der Waals surface area contributed by atoms with Gasteiger partial charge in [0.15, 0.2) is 5.75 Å². The molecule has 4 aromatic carbocycles. The summed E-state index contributed by atoms with van der Waals surface area (Å²) >= 11 is 5.82. The number of aromatic hydroxyl groups is 1. The average Bonchev–Trinajstić information content (AvgIpc) is 2.92. The summed E-state index contributed by atoms with van der Waals surface area (Å²) in [5.74, 6) is -3.36. The molecule has 0 saturated heterocycles. The number of rotatable bonds is 7. The lowest BCUT2D eigenvalue weighted by Crippen LogP contribution is -2.03. The van der Waals surface area contributed by atoms with E-state index in [2.05, 4.69) is 20.5 Å². The predicted octanol–water partition coefficient (Wildman–Crippen LogP) is 5.92. The maximum atomic E-state index is 13.8. The molecule has 5 N–H and O–H groups in total. The molecule has 0 bridgehead atoms. The number of hydrogen-bond donors (Lipinski definition) is 5. The number of hydrogen-bond acceptors (Lipinski definition) is 11. The second kappa shape index (κ2) is 11.2. The molecule has 0 aliphatic rings. The molecule has 0 spiro atoms. The number of azo groups is 1. The minimum absolute atomic E-state index is 0.0442. The number of phenolic OH excluding ortho intramolecular Hbond substituents is 1. The van der Waals surface area contributed by atoms with Crippen LogP contribution in [-0.2, 0) is 30.4 Å². The van der Waals surface area contributed by atoms with E-state index in [-0.39, 0.29) is 27.5 Å². The number of halogens is 3. The first kappa shape index (κ1) is 32.0. The van der Waals surface area contributed by atoms with Crippen LogP contribution in [0.1, 0.15) is 0 Å². The van der Waals surface area contributed by atoms with Crippen molar-refractivity contribution in [3.63, 3.8) is 0 Å². The van der Waals surface area contributed by atoms with Crippen LogP contribution in [0.25, 0.3) is 21.5 Å². The van der Waals surface area contributed by atoms with Gasteiger partial charge in [0, 0.05) is 27.9 Å². The molecule has 0 amide bonds. The Morgan fingerprint density at radius 1 is 0.756 bits per heavy atom. The molecule has 1 heterocycles. The summed E-state index contributed by atoms with van der Waals surface area (Å²) in [5.41, 5.74) is -1.64. The van der Waals surface area contributed by atoms with E-state index in [1.807, 2.05) is 0 Å². The van der Waals surface area contributed by atoms with Crippen LogP contribution in [0.3, 0.4) is 0 Å². The van der Waals surface area contributed by atoms with Crippen LogP contribution in [0.4, 0.5) is 31.5 Å². The summed E-state index contributed by atoms with van der Waals surface area (Å²) in [5, 5.41) is 19.5. The van der Waals surface area contributed by atoms with Gasteiger partial charge in [-0.1, -0.05) is 29.8 Å². The number of benzene rings is 4. The van der Waals surface area contributed by atoms with Crippen LogP contribution in [0.2, 0.25) is 5.02 Å². The van der Waals surface area contributed by atoms with Gasteiger partial charge in [0.1, 0.15) is 31.1 Å². The van der Waals surface area contributed by atoms with Gasteiger partial charge in [0.25, 0.3) is 30.4 Å². The Morgan fingerprint density at radius 2 is 1.42 bits per heavy atom. The average molecular weight is 701 g/mol. The normalized spacial score (nSPS) is 12.8. The second-order valence-corrected chi connectivity index (χ2v) is 13.6. The largest absolute Gasteiger partial charge is 0.505 e. The zero-order valence-electron chi connectivity index (χ0n) is 21.7. The molecular formula is C25H15ClF2N4O10S3. The molecule has 20 heteroatoms. The van der Waals surface area contributed by atoms with Crippen molar-refractivity contribution >= 4 is 86.2 Å². The first-order valence-corrected chi connectivity index (χ1v) is 16.5. The minimum Gasteiger partial charge on any atom is -0.505 e. The summed E-state index contributed by atoms with van der Waals surface area (Å²) in [4.78, 5) is 0.273. The first-order chi connectivity index (χ1) is 20.9. The second-order valence-electron chi connectivity index (χ2n) is 9.12. The van der Waals surface area contributed by atoms with Crippen LogP contribution in [0.15, 0.2) is 85.6 Å². The van der Waals surface area contributed by atoms with Gasteiger partial charge in [0.2, 0.25) is 11.9 Å². The molecule has 45 heavy (non-hydrogen) atoms. The smallest absolute Gasteiger partial charge is 0.297 e. The number of pyridine rings is 1. The highest BCUT2D eigenvalue weighted by Crippen LogP contribution is 2.43. The maximum absolute atomic E-state index is 13.8. The lowest BCUT2D eigenvalue weighted by molar-refractivity contribution is 0.472. The van der Waals surface area contributed by atoms with Gasteiger partial charge in [0.05, 0.1) is 5.69 Å². The third-order valence-corrected chi connectivity index (χ3v) is 9.32. The number of aromatic nitrogens is 1. The summed E-state index contributed by atoms with van der Waals surface area (Å²) in [6.45, 7) is 0. The van der Waals surface area contributed by atoms with Crippen molar-refractivity contribution in [1.82, 2.24) is 4.98 Å². The molecule has 14 nitrogen and oxygen atoms in total. The topological polar surface area (TPSA) is 233 Å². The summed E-state index contributed by atoms with van der Waals surface area (Å²) in [6.07, 6.45) is 0. The number of phenols is 1. The molecule has 0 aliphatic carbocycles. The SMILES string of the molecule is O=S(=O)(O)c1cc2cc(Nc3cc(F)nc(F)c3Cl)ccc2c(O)c1/N=N/c1ccc2c(S(=O)(=O)O)cccc2c1S(=O)(=O)O. The van der Waals surface area contributed by atoms with Crippen LogP contribution in [0.5, 0.6) is 5.75 Å². The number of fused-ring (bicyclic) bond motifs is 2. The zero-order valence-corrected chi connectivity index (χ0v) is 24.9. The van der Waals surface area contributed by atoms with Crippen LogP contribution in [-0.4, -0.2) is 49.0 Å². The van der Waals surface area contributed by atoms with Crippen LogP contribution in [0, 0.1) is 11.9 Å². The first-order valence-electron chi connectivity index (χ1n) is 11.8. The Kier molecular flexibility index (Phi) is 7.98. The van der Waals surface area contributed by atoms with Gasteiger partial charge < -0.3 is 10.4 Å².